The van der Waals surface area contributed by atoms with Gasteiger partial charge in [0.1, 0.15) is 19.0 Å². The third-order valence-electron chi connectivity index (χ3n) is 4.77. The van der Waals surface area contributed by atoms with Crippen LogP contribution in [0.3, 0.4) is 0 Å². The van der Waals surface area contributed by atoms with Gasteiger partial charge in [-0.3, -0.25) is 4.79 Å². The minimum Gasteiger partial charge on any atom is -0.489 e. The molecule has 0 fully saturated rings. The van der Waals surface area contributed by atoms with Gasteiger partial charge in [-0.15, -0.1) is 0 Å². The Labute approximate surface area is 161 Å². The van der Waals surface area contributed by atoms with Crippen LogP contribution in [0.5, 0.6) is 5.75 Å². The largest absolute Gasteiger partial charge is 0.489 e. The lowest BCUT2D eigenvalue weighted by Crippen LogP contribution is -2.17. The molecule has 1 heterocycles. The van der Waals surface area contributed by atoms with E-state index in [1.54, 1.807) is 0 Å². The van der Waals surface area contributed by atoms with Gasteiger partial charge in [0.15, 0.2) is 11.7 Å². The quantitative estimate of drug-likeness (QED) is 0.645. The maximum Gasteiger partial charge on any atom is 0.184 e. The van der Waals surface area contributed by atoms with Gasteiger partial charge in [0.2, 0.25) is 0 Å². The molecule has 27 heavy (non-hydrogen) atoms. The Bertz CT molecular complexity index is 847. The Balaban J connectivity index is 1.61. The van der Waals surface area contributed by atoms with E-state index in [1.165, 1.54) is 16.7 Å². The Hall–Kier alpha value is -2.62. The van der Waals surface area contributed by atoms with Crippen molar-refractivity contribution in [1.82, 2.24) is 0 Å². The van der Waals surface area contributed by atoms with Crippen molar-refractivity contribution in [2.45, 2.75) is 52.7 Å². The summed E-state index contributed by atoms with van der Waals surface area (Å²) in [5, 5.41) is 0. The van der Waals surface area contributed by atoms with E-state index in [2.05, 4.69) is 31.0 Å². The van der Waals surface area contributed by atoms with Crippen LogP contribution in [0.4, 0.5) is 0 Å². The predicted molar refractivity (Wildman–Crippen MR) is 108 cm³/mol. The number of nitrogens with zero attached hydrogens (tertiary/aromatic N) is 1. The van der Waals surface area contributed by atoms with E-state index in [1.807, 2.05) is 44.2 Å². The summed E-state index contributed by atoms with van der Waals surface area (Å²) in [5.41, 5.74) is 4.09. The van der Waals surface area contributed by atoms with E-state index < -0.39 is 0 Å². The van der Waals surface area contributed by atoms with E-state index in [0.29, 0.717) is 43.3 Å². The molecule has 2 aromatic carbocycles. The number of hydrogen-bond donors (Lipinski definition) is 0. The van der Waals surface area contributed by atoms with Gasteiger partial charge >= 0.3 is 0 Å². The number of hydrogen-bond acceptors (Lipinski definition) is 4. The summed E-state index contributed by atoms with van der Waals surface area (Å²) in [6.07, 6.45) is 0.922. The first-order valence-electron chi connectivity index (χ1n) is 9.37. The van der Waals surface area contributed by atoms with Crippen molar-refractivity contribution < 1.29 is 14.3 Å². The average Bonchev–Trinajstić information content (AvgIpc) is 2.98. The number of ketones is 1. The molecule has 0 radical (unpaired) electrons. The first-order valence-corrected chi connectivity index (χ1v) is 9.37. The van der Waals surface area contributed by atoms with Crippen LogP contribution in [-0.4, -0.2) is 23.8 Å². The molecule has 0 amide bonds. The maximum absolute atomic E-state index is 12.5. The van der Waals surface area contributed by atoms with Crippen LogP contribution in [0.1, 0.15) is 53.7 Å². The highest BCUT2D eigenvalue weighted by molar-refractivity contribution is 5.98. The first kappa shape index (κ1) is 19.2. The molecule has 4 heteroatoms. The average molecular weight is 365 g/mol. The number of benzene rings is 2. The van der Waals surface area contributed by atoms with Crippen molar-refractivity contribution >= 4 is 11.7 Å². The van der Waals surface area contributed by atoms with Gasteiger partial charge < -0.3 is 9.47 Å². The fourth-order valence-electron chi connectivity index (χ4n) is 3.15. The van der Waals surface area contributed by atoms with Gasteiger partial charge in [-0.05, 0) is 56.5 Å². The fraction of sp³-hybridized carbons (Fsp3) is 0.391. The van der Waals surface area contributed by atoms with Gasteiger partial charge in [-0.1, -0.05) is 30.3 Å². The third kappa shape index (κ3) is 4.97. The predicted octanol–water partition coefficient (Wildman–Crippen LogP) is 5.05. The summed E-state index contributed by atoms with van der Waals surface area (Å²) < 4.78 is 11.5. The minimum absolute atomic E-state index is 0.0727. The van der Waals surface area contributed by atoms with Gasteiger partial charge in [0.25, 0.3) is 0 Å². The fourth-order valence-corrected chi connectivity index (χ4v) is 3.15. The van der Waals surface area contributed by atoms with Crippen molar-refractivity contribution in [3.63, 3.8) is 0 Å². The SMILES string of the molecule is Cc1cccc(C)c1COc1cccc(C(=O)CCC2=NC(C)(C)CO2)c1. The van der Waals surface area contributed by atoms with Crippen molar-refractivity contribution in [3.05, 3.63) is 64.7 Å². The molecule has 1 aliphatic rings. The van der Waals surface area contributed by atoms with Crippen LogP contribution in [-0.2, 0) is 11.3 Å². The number of Topliss-reactive ketones (excluding diaryl/α,β-unsaturated/α-hetero) is 1. The first-order chi connectivity index (χ1) is 12.8. The monoisotopic (exact) mass is 365 g/mol. The molecule has 0 aliphatic carbocycles. The molecule has 0 saturated heterocycles. The lowest BCUT2D eigenvalue weighted by atomic mass is 10.0. The Morgan fingerprint density at radius 2 is 1.85 bits per heavy atom. The van der Waals surface area contributed by atoms with E-state index >= 15 is 0 Å². The summed E-state index contributed by atoms with van der Waals surface area (Å²) in [5.74, 6) is 1.46. The van der Waals surface area contributed by atoms with Crippen molar-refractivity contribution in [1.29, 1.82) is 0 Å². The molecule has 3 rings (SSSR count). The Morgan fingerprint density at radius 3 is 2.52 bits per heavy atom. The van der Waals surface area contributed by atoms with E-state index in [9.17, 15) is 4.79 Å². The van der Waals surface area contributed by atoms with Crippen LogP contribution in [0, 0.1) is 13.8 Å². The van der Waals surface area contributed by atoms with Crippen LogP contribution >= 0.6 is 0 Å². The molecule has 0 unspecified atom stereocenters. The maximum atomic E-state index is 12.5. The van der Waals surface area contributed by atoms with Crippen molar-refractivity contribution in [2.75, 3.05) is 6.61 Å². The number of aryl methyl sites for hydroxylation is 2. The normalized spacial score (nSPS) is 15.2. The smallest absolute Gasteiger partial charge is 0.184 e. The molecule has 0 bridgehead atoms. The molecule has 0 aromatic heterocycles. The van der Waals surface area contributed by atoms with Crippen LogP contribution < -0.4 is 4.74 Å². The second kappa shape index (κ2) is 7.95. The van der Waals surface area contributed by atoms with Gasteiger partial charge in [0, 0.05) is 18.4 Å². The molecule has 1 aliphatic heterocycles. The number of aliphatic imine (C=N–C) groups is 1. The summed E-state index contributed by atoms with van der Waals surface area (Å²) in [6.45, 7) is 9.30. The lowest BCUT2D eigenvalue weighted by molar-refractivity contribution is 0.0982. The Morgan fingerprint density at radius 1 is 1.15 bits per heavy atom. The lowest BCUT2D eigenvalue weighted by Gasteiger charge is -2.12. The highest BCUT2D eigenvalue weighted by atomic mass is 16.5. The van der Waals surface area contributed by atoms with Crippen LogP contribution in [0.15, 0.2) is 47.5 Å². The molecule has 2 aromatic rings. The van der Waals surface area contributed by atoms with E-state index in [-0.39, 0.29) is 11.3 Å². The summed E-state index contributed by atoms with van der Waals surface area (Å²) in [7, 11) is 0. The highest BCUT2D eigenvalue weighted by Gasteiger charge is 2.26. The zero-order valence-electron chi connectivity index (χ0n) is 16.5. The number of ether oxygens (including phenoxy) is 2. The van der Waals surface area contributed by atoms with Crippen molar-refractivity contribution in [2.24, 2.45) is 4.99 Å². The third-order valence-corrected chi connectivity index (χ3v) is 4.77. The van der Waals surface area contributed by atoms with Gasteiger partial charge in [0.05, 0.1) is 5.54 Å². The second-order valence-electron chi connectivity index (χ2n) is 7.72. The van der Waals surface area contributed by atoms with Crippen LogP contribution in [0.2, 0.25) is 0 Å². The zero-order chi connectivity index (χ0) is 19.4. The van der Waals surface area contributed by atoms with Gasteiger partial charge in [-0.25, -0.2) is 4.99 Å². The molecular formula is C23H27NO3. The number of carbonyl (C=O) groups excluding carboxylic acids is 1. The second-order valence-corrected chi connectivity index (χ2v) is 7.72. The summed E-state index contributed by atoms with van der Waals surface area (Å²) >= 11 is 0. The molecule has 0 N–H and O–H groups in total. The standard InChI is InChI=1S/C23H27NO3/c1-16-7-5-8-17(2)20(16)14-26-19-10-6-9-18(13-19)21(25)11-12-22-24-23(3,4)15-27-22/h5-10,13H,11-12,14-15H2,1-4H3. The topological polar surface area (TPSA) is 47.9 Å². The summed E-state index contributed by atoms with van der Waals surface area (Å²) in [4.78, 5) is 17.0. The van der Waals surface area contributed by atoms with Gasteiger partial charge in [-0.2, -0.15) is 0 Å². The van der Waals surface area contributed by atoms with E-state index in [4.69, 9.17) is 9.47 Å². The molecule has 0 spiro atoms. The number of carbonyl (C=O) groups is 1. The molecule has 4 nitrogen and oxygen atoms in total. The van der Waals surface area contributed by atoms with E-state index in [0.717, 1.165) is 0 Å². The summed E-state index contributed by atoms with van der Waals surface area (Å²) in [6, 6.07) is 13.6. The molecular weight excluding hydrogens is 338 g/mol. The zero-order valence-corrected chi connectivity index (χ0v) is 16.5. The highest BCUT2D eigenvalue weighted by Crippen LogP contribution is 2.22. The van der Waals surface area contributed by atoms with Crippen LogP contribution in [0.25, 0.3) is 0 Å². The molecule has 142 valence electrons. The molecule has 0 atom stereocenters. The minimum atomic E-state index is -0.181. The van der Waals surface area contributed by atoms with Crippen molar-refractivity contribution in [3.8, 4) is 5.75 Å². The molecule has 0 saturated carbocycles. The Kier molecular flexibility index (Phi) is 5.64. The number of rotatable bonds is 7.